The first-order valence-electron chi connectivity index (χ1n) is 9.40. The molecule has 5 nitrogen and oxygen atoms in total. The summed E-state index contributed by atoms with van der Waals surface area (Å²) in [7, 11) is 0. The predicted octanol–water partition coefficient (Wildman–Crippen LogP) is 4.77. The molecular weight excluding hydrogens is 384 g/mol. The standard InChI is InChI=1S/C23H18N2O3S/c1-13-6-7-19-16(10-13)21-17(23(27)28-19)11-20(29-21)22(26)24-9-8-14-12-25-18-5-3-2-4-15(14)18/h2-7,10-12,25H,8-9H2,1H3,(H,24,26). The van der Waals surface area contributed by atoms with Crippen molar-refractivity contribution < 1.29 is 9.21 Å². The van der Waals surface area contributed by atoms with Gasteiger partial charge in [-0.25, -0.2) is 4.79 Å². The van der Waals surface area contributed by atoms with E-state index in [2.05, 4.69) is 16.4 Å². The van der Waals surface area contributed by atoms with Gasteiger partial charge < -0.3 is 14.7 Å². The number of hydrogen-bond acceptors (Lipinski definition) is 4. The fourth-order valence-corrected chi connectivity index (χ4v) is 4.74. The zero-order chi connectivity index (χ0) is 20.0. The summed E-state index contributed by atoms with van der Waals surface area (Å²) in [5.41, 5.74) is 3.46. The highest BCUT2D eigenvalue weighted by atomic mass is 32.1. The Bertz CT molecular complexity index is 1440. The van der Waals surface area contributed by atoms with Crippen molar-refractivity contribution in [2.45, 2.75) is 13.3 Å². The molecule has 1 amide bonds. The molecule has 3 aromatic heterocycles. The van der Waals surface area contributed by atoms with Crippen molar-refractivity contribution in [1.29, 1.82) is 0 Å². The van der Waals surface area contributed by atoms with Crippen molar-refractivity contribution in [3.63, 3.8) is 0 Å². The average molecular weight is 402 g/mol. The lowest BCUT2D eigenvalue weighted by Gasteiger charge is -2.03. The SMILES string of the molecule is Cc1ccc2oc(=O)c3cc(C(=O)NCCc4c[nH]c5ccccc45)sc3c2c1. The smallest absolute Gasteiger partial charge is 0.345 e. The molecule has 3 heterocycles. The van der Waals surface area contributed by atoms with Gasteiger partial charge in [-0.1, -0.05) is 29.8 Å². The Balaban J connectivity index is 1.39. The molecule has 0 radical (unpaired) electrons. The molecule has 0 saturated carbocycles. The highest BCUT2D eigenvalue weighted by Gasteiger charge is 2.16. The lowest BCUT2D eigenvalue weighted by molar-refractivity contribution is 0.0958. The number of carbonyl (C=O) groups excluding carboxylic acids is 1. The number of nitrogens with one attached hydrogen (secondary N) is 2. The molecule has 5 aromatic rings. The van der Waals surface area contributed by atoms with Crippen molar-refractivity contribution in [2.75, 3.05) is 6.54 Å². The first-order valence-corrected chi connectivity index (χ1v) is 10.2. The van der Waals surface area contributed by atoms with Crippen LogP contribution >= 0.6 is 11.3 Å². The van der Waals surface area contributed by atoms with Gasteiger partial charge in [0.25, 0.3) is 5.91 Å². The van der Waals surface area contributed by atoms with E-state index in [1.807, 2.05) is 43.5 Å². The van der Waals surface area contributed by atoms with Crippen LogP contribution in [0.3, 0.4) is 0 Å². The quantitative estimate of drug-likeness (QED) is 0.425. The molecule has 0 saturated heterocycles. The Hall–Kier alpha value is -3.38. The number of benzene rings is 2. The number of amides is 1. The number of thiophene rings is 1. The van der Waals surface area contributed by atoms with Crippen LogP contribution in [0, 0.1) is 6.92 Å². The van der Waals surface area contributed by atoms with Crippen molar-refractivity contribution >= 4 is 49.2 Å². The second-order valence-corrected chi connectivity index (χ2v) is 8.16. The largest absolute Gasteiger partial charge is 0.422 e. The van der Waals surface area contributed by atoms with Crippen molar-refractivity contribution in [1.82, 2.24) is 10.3 Å². The third kappa shape index (κ3) is 3.11. The van der Waals surface area contributed by atoms with Crippen LogP contribution in [-0.2, 0) is 6.42 Å². The summed E-state index contributed by atoms with van der Waals surface area (Å²) in [6.07, 6.45) is 2.71. The fourth-order valence-electron chi connectivity index (χ4n) is 3.66. The Kier molecular flexibility index (Phi) is 4.21. The summed E-state index contributed by atoms with van der Waals surface area (Å²) in [5, 5.41) is 5.45. The summed E-state index contributed by atoms with van der Waals surface area (Å²) >= 11 is 1.33. The Morgan fingerprint density at radius 3 is 2.86 bits per heavy atom. The summed E-state index contributed by atoms with van der Waals surface area (Å²) in [5.74, 6) is -0.175. The van der Waals surface area contributed by atoms with Crippen molar-refractivity contribution in [3.8, 4) is 0 Å². The van der Waals surface area contributed by atoms with E-state index in [0.717, 1.165) is 27.6 Å². The van der Waals surface area contributed by atoms with Crippen LogP contribution in [0.4, 0.5) is 0 Å². The average Bonchev–Trinajstić information content (AvgIpc) is 3.34. The monoisotopic (exact) mass is 402 g/mol. The minimum Gasteiger partial charge on any atom is -0.422 e. The molecule has 0 spiro atoms. The van der Waals surface area contributed by atoms with Gasteiger partial charge in [0.1, 0.15) is 5.58 Å². The summed E-state index contributed by atoms with van der Waals surface area (Å²) in [6.45, 7) is 2.51. The van der Waals surface area contributed by atoms with Gasteiger partial charge in [-0.3, -0.25) is 4.79 Å². The minimum atomic E-state index is -0.412. The van der Waals surface area contributed by atoms with Crippen LogP contribution in [0.5, 0.6) is 0 Å². The normalized spacial score (nSPS) is 11.5. The molecule has 0 aliphatic heterocycles. The summed E-state index contributed by atoms with van der Waals surface area (Å²) in [4.78, 5) is 28.8. The Morgan fingerprint density at radius 1 is 1.10 bits per heavy atom. The van der Waals surface area contributed by atoms with Gasteiger partial charge in [0.2, 0.25) is 0 Å². The molecule has 2 aromatic carbocycles. The van der Waals surface area contributed by atoms with Crippen LogP contribution in [-0.4, -0.2) is 17.4 Å². The van der Waals surface area contributed by atoms with Crippen LogP contribution in [0.25, 0.3) is 32.0 Å². The number of para-hydroxylation sites is 1. The number of hydrogen-bond donors (Lipinski definition) is 2. The first kappa shape index (κ1) is 17.7. The topological polar surface area (TPSA) is 75.1 Å². The van der Waals surface area contributed by atoms with Gasteiger partial charge in [-0.2, -0.15) is 0 Å². The fraction of sp³-hybridized carbons (Fsp3) is 0.130. The number of H-pyrrole nitrogens is 1. The predicted molar refractivity (Wildman–Crippen MR) is 117 cm³/mol. The molecule has 5 rings (SSSR count). The van der Waals surface area contributed by atoms with Crippen LogP contribution < -0.4 is 10.9 Å². The number of aryl methyl sites for hydroxylation is 1. The molecule has 0 bridgehead atoms. The van der Waals surface area contributed by atoms with Crippen LogP contribution in [0.15, 0.2) is 63.9 Å². The third-order valence-corrected chi connectivity index (χ3v) is 6.28. The van der Waals surface area contributed by atoms with Crippen LogP contribution in [0.1, 0.15) is 20.8 Å². The molecule has 2 N–H and O–H groups in total. The van der Waals surface area contributed by atoms with E-state index < -0.39 is 5.63 Å². The van der Waals surface area contributed by atoms with E-state index >= 15 is 0 Å². The zero-order valence-corrected chi connectivity index (χ0v) is 16.6. The maximum absolute atomic E-state index is 12.7. The van der Waals surface area contributed by atoms with Gasteiger partial charge in [-0.05, 0) is 43.2 Å². The number of carbonyl (C=O) groups is 1. The van der Waals surface area contributed by atoms with Gasteiger partial charge in [0.15, 0.2) is 0 Å². The number of rotatable bonds is 4. The molecule has 0 aliphatic carbocycles. The molecule has 144 valence electrons. The zero-order valence-electron chi connectivity index (χ0n) is 15.7. The maximum Gasteiger partial charge on any atom is 0.345 e. The summed E-state index contributed by atoms with van der Waals surface area (Å²) < 4.78 is 6.20. The van der Waals surface area contributed by atoms with E-state index in [1.165, 1.54) is 22.3 Å². The molecule has 0 unspecified atom stereocenters. The van der Waals surface area contributed by atoms with E-state index in [9.17, 15) is 9.59 Å². The van der Waals surface area contributed by atoms with Crippen LogP contribution in [0.2, 0.25) is 0 Å². The van der Waals surface area contributed by atoms with E-state index in [4.69, 9.17) is 4.42 Å². The third-order valence-electron chi connectivity index (χ3n) is 5.11. The highest BCUT2D eigenvalue weighted by molar-refractivity contribution is 7.21. The van der Waals surface area contributed by atoms with Gasteiger partial charge in [0, 0.05) is 29.0 Å². The molecule has 0 aliphatic rings. The highest BCUT2D eigenvalue weighted by Crippen LogP contribution is 2.31. The summed E-state index contributed by atoms with van der Waals surface area (Å²) in [6, 6.07) is 15.4. The Morgan fingerprint density at radius 2 is 1.97 bits per heavy atom. The van der Waals surface area contributed by atoms with Crippen molar-refractivity contribution in [2.24, 2.45) is 0 Å². The lowest BCUT2D eigenvalue weighted by Crippen LogP contribution is -2.24. The maximum atomic E-state index is 12.7. The van der Waals surface area contributed by atoms with Gasteiger partial charge in [-0.15, -0.1) is 11.3 Å². The van der Waals surface area contributed by atoms with Gasteiger partial charge in [0.05, 0.1) is 15.0 Å². The van der Waals surface area contributed by atoms with E-state index in [-0.39, 0.29) is 5.91 Å². The molecule has 0 atom stereocenters. The molecule has 29 heavy (non-hydrogen) atoms. The minimum absolute atomic E-state index is 0.175. The molecular formula is C23H18N2O3S. The van der Waals surface area contributed by atoms with Gasteiger partial charge >= 0.3 is 5.63 Å². The second kappa shape index (κ2) is 6.90. The Labute approximate surface area is 170 Å². The molecule has 0 fully saturated rings. The number of fused-ring (bicyclic) bond motifs is 4. The van der Waals surface area contributed by atoms with E-state index in [1.54, 1.807) is 12.1 Å². The van der Waals surface area contributed by atoms with E-state index in [0.29, 0.717) is 22.4 Å². The number of aromatic amines is 1. The number of aromatic nitrogens is 1. The second-order valence-electron chi connectivity index (χ2n) is 7.11. The van der Waals surface area contributed by atoms with Crippen molar-refractivity contribution in [3.05, 3.63) is 81.2 Å². The molecule has 6 heteroatoms. The lowest BCUT2D eigenvalue weighted by atomic mass is 10.1. The first-order chi connectivity index (χ1) is 14.1.